The highest BCUT2D eigenvalue weighted by molar-refractivity contribution is 7.98. The Morgan fingerprint density at radius 3 is 1.97 bits per heavy atom. The van der Waals surface area contributed by atoms with Gasteiger partial charge in [0.05, 0.1) is 6.54 Å². The normalized spacial score (nSPS) is 19.0. The molecular weight excluding hydrogens is 831 g/mol. The number of hydrogen-bond acceptors (Lipinski definition) is 10. The number of hydrogen-bond donors (Lipinski definition) is 9. The van der Waals surface area contributed by atoms with Crippen LogP contribution in [-0.2, 0) is 51.2 Å². The Hall–Kier alpha value is -6.18. The van der Waals surface area contributed by atoms with Crippen LogP contribution in [0.2, 0.25) is 0 Å². The minimum atomic E-state index is -1.29. The molecule has 1 aliphatic rings. The predicted octanol–water partition coefficient (Wildman–Crippen LogP) is -1.03. The van der Waals surface area contributed by atoms with Gasteiger partial charge in [0.1, 0.15) is 30.2 Å². The van der Waals surface area contributed by atoms with Crippen LogP contribution in [0.4, 0.5) is 0 Å². The second kappa shape index (κ2) is 27.0. The minimum Gasteiger partial charge on any atom is -0.370 e. The maximum absolute atomic E-state index is 14.7. The fraction of sp³-hybridized carbons (Fsp3) is 0.512. The molecule has 2 aromatic rings. The molecular formula is C43H63N11O8S. The van der Waals surface area contributed by atoms with Crippen LogP contribution >= 0.6 is 11.8 Å². The van der Waals surface area contributed by atoms with Crippen LogP contribution in [0.3, 0.4) is 0 Å². The van der Waals surface area contributed by atoms with Gasteiger partial charge < -0.3 is 54.0 Å². The van der Waals surface area contributed by atoms with Gasteiger partial charge in [-0.2, -0.15) is 11.8 Å². The number of nitrogens with one attached hydrogen (secondary N) is 6. The van der Waals surface area contributed by atoms with Gasteiger partial charge in [-0.3, -0.25) is 43.3 Å². The number of benzene rings is 2. The van der Waals surface area contributed by atoms with Crippen LogP contribution in [0.25, 0.3) is 0 Å². The van der Waals surface area contributed by atoms with Crippen molar-refractivity contribution >= 4 is 65.0 Å². The molecule has 63 heavy (non-hydrogen) atoms. The van der Waals surface area contributed by atoms with Gasteiger partial charge in [0.2, 0.25) is 47.3 Å². The van der Waals surface area contributed by atoms with Gasteiger partial charge in [-0.25, -0.2) is 0 Å². The second-order valence-corrected chi connectivity index (χ2v) is 16.7. The molecule has 3 rings (SSSR count). The van der Waals surface area contributed by atoms with Crippen molar-refractivity contribution < 1.29 is 38.4 Å². The van der Waals surface area contributed by atoms with Gasteiger partial charge in [-0.15, -0.1) is 0 Å². The molecule has 0 spiro atoms. The maximum Gasteiger partial charge on any atom is 0.246 e. The number of primary amides is 1. The van der Waals surface area contributed by atoms with E-state index in [-0.39, 0.29) is 76.5 Å². The molecule has 1 aliphatic heterocycles. The van der Waals surface area contributed by atoms with Crippen molar-refractivity contribution in [1.82, 2.24) is 36.8 Å². The van der Waals surface area contributed by atoms with E-state index in [1.807, 2.05) is 20.1 Å². The summed E-state index contributed by atoms with van der Waals surface area (Å²) in [5, 5.41) is 16.3. The van der Waals surface area contributed by atoms with E-state index in [0.717, 1.165) is 0 Å². The van der Waals surface area contributed by atoms with E-state index in [4.69, 9.17) is 17.2 Å². The molecule has 2 aromatic carbocycles. The number of carbonyl (C=O) groups is 8. The van der Waals surface area contributed by atoms with E-state index in [1.54, 1.807) is 60.7 Å². The number of nitrogens with two attached hydrogens (primary N) is 3. The fourth-order valence-corrected chi connectivity index (χ4v) is 7.21. The maximum atomic E-state index is 14.7. The van der Waals surface area contributed by atoms with Crippen LogP contribution in [0, 0.1) is 5.92 Å². The quantitative estimate of drug-likeness (QED) is 0.0467. The lowest BCUT2D eigenvalue weighted by Gasteiger charge is -2.30. The molecule has 0 aromatic heterocycles. The zero-order valence-electron chi connectivity index (χ0n) is 36.2. The third-order valence-corrected chi connectivity index (χ3v) is 10.6. The first kappa shape index (κ1) is 51.2. The van der Waals surface area contributed by atoms with E-state index in [1.165, 1.54) is 16.7 Å². The highest BCUT2D eigenvalue weighted by atomic mass is 32.2. The van der Waals surface area contributed by atoms with Crippen molar-refractivity contribution in [1.29, 1.82) is 0 Å². The van der Waals surface area contributed by atoms with Crippen LogP contribution in [0.15, 0.2) is 65.7 Å². The summed E-state index contributed by atoms with van der Waals surface area (Å²) in [4.78, 5) is 114. The summed E-state index contributed by atoms with van der Waals surface area (Å²) in [5.74, 6) is -4.93. The van der Waals surface area contributed by atoms with Gasteiger partial charge in [0.15, 0.2) is 5.96 Å². The molecule has 0 aliphatic carbocycles. The SMILES string of the molecule is CSCC[C@H](NC(=O)[C@H](CC(C)C)NC(=O)CN1CCNC(=O)CCC(=O)N[C@@H](CCCN=C(N)N)C(=O)NC(Cc2ccccc2)C(=O)N[C@@H](Cc2ccccc2)C1=O)C(N)=O. The first-order valence-corrected chi connectivity index (χ1v) is 22.4. The summed E-state index contributed by atoms with van der Waals surface area (Å²) in [6.07, 6.45) is 2.17. The summed E-state index contributed by atoms with van der Waals surface area (Å²) in [7, 11) is 0. The number of aliphatic imine (C=N–C) groups is 1. The number of carbonyl (C=O) groups excluding carboxylic acids is 8. The summed E-state index contributed by atoms with van der Waals surface area (Å²) in [6.45, 7) is 2.95. The summed E-state index contributed by atoms with van der Waals surface area (Å²) >= 11 is 1.48. The predicted molar refractivity (Wildman–Crippen MR) is 240 cm³/mol. The lowest BCUT2D eigenvalue weighted by Crippen LogP contribution is -2.59. The number of nitrogens with zero attached hydrogens (tertiary/aromatic N) is 2. The van der Waals surface area contributed by atoms with Crippen molar-refractivity contribution in [2.24, 2.45) is 28.1 Å². The van der Waals surface area contributed by atoms with Crippen LogP contribution in [-0.4, -0.2) is 127 Å². The van der Waals surface area contributed by atoms with Crippen molar-refractivity contribution in [3.8, 4) is 0 Å². The third-order valence-electron chi connectivity index (χ3n) is 9.97. The molecule has 0 bridgehead atoms. The van der Waals surface area contributed by atoms with Crippen molar-refractivity contribution in [2.45, 2.75) is 95.4 Å². The number of guanidine groups is 1. The Morgan fingerprint density at radius 2 is 1.38 bits per heavy atom. The van der Waals surface area contributed by atoms with E-state index < -0.39 is 84.0 Å². The molecule has 1 heterocycles. The summed E-state index contributed by atoms with van der Waals surface area (Å²) in [5.41, 5.74) is 17.9. The van der Waals surface area contributed by atoms with Crippen LogP contribution < -0.4 is 49.1 Å². The smallest absolute Gasteiger partial charge is 0.246 e. The Morgan fingerprint density at radius 1 is 0.794 bits per heavy atom. The van der Waals surface area contributed by atoms with Gasteiger partial charge >= 0.3 is 0 Å². The highest BCUT2D eigenvalue weighted by Gasteiger charge is 2.34. The molecule has 8 amide bonds. The van der Waals surface area contributed by atoms with Crippen LogP contribution in [0.1, 0.15) is 63.5 Å². The van der Waals surface area contributed by atoms with E-state index in [0.29, 0.717) is 23.3 Å². The summed E-state index contributed by atoms with van der Waals surface area (Å²) in [6, 6.07) is 12.1. The van der Waals surface area contributed by atoms with Gasteiger partial charge in [0.25, 0.3) is 0 Å². The molecule has 1 saturated heterocycles. The third kappa shape index (κ3) is 19.2. The average molecular weight is 894 g/mol. The number of amides is 8. The largest absolute Gasteiger partial charge is 0.370 e. The van der Waals surface area contributed by atoms with E-state index in [2.05, 4.69) is 36.9 Å². The Labute approximate surface area is 372 Å². The van der Waals surface area contributed by atoms with E-state index >= 15 is 0 Å². The molecule has 0 saturated carbocycles. The van der Waals surface area contributed by atoms with Crippen molar-refractivity contribution in [2.75, 3.05) is 38.2 Å². The standard InChI is InChI=1S/C43H63N11O8S/c1-27(2)23-32(40(60)51-30(38(44)58)18-22-63-3)50-37(57)26-54-21-20-47-35(55)16-17-36(56)49-31(15-10-19-48-43(45)46)39(59)52-33(24-28-11-6-4-7-12-28)41(61)53-34(42(54)62)25-29-13-8-5-9-14-29/h4-9,11-14,27,30-34H,10,15-26H2,1-3H3,(H2,44,58)(H,47,55)(H,49,56)(H,50,57)(H,51,60)(H,52,59)(H,53,61)(H4,45,46,48)/t30-,31-,32-,33?,34-/m0/s1. The van der Waals surface area contributed by atoms with E-state index in [9.17, 15) is 38.4 Å². The number of rotatable bonds is 19. The molecule has 344 valence electrons. The Bertz CT molecular complexity index is 1880. The lowest BCUT2D eigenvalue weighted by atomic mass is 10.0. The van der Waals surface area contributed by atoms with Crippen LogP contribution in [0.5, 0.6) is 0 Å². The summed E-state index contributed by atoms with van der Waals surface area (Å²) < 4.78 is 0. The van der Waals surface area contributed by atoms with Crippen molar-refractivity contribution in [3.63, 3.8) is 0 Å². The highest BCUT2D eigenvalue weighted by Crippen LogP contribution is 2.12. The fourth-order valence-electron chi connectivity index (χ4n) is 6.74. The molecule has 1 fully saturated rings. The van der Waals surface area contributed by atoms with Gasteiger partial charge in [-0.05, 0) is 54.7 Å². The first-order valence-electron chi connectivity index (χ1n) is 21.0. The topological polar surface area (TPSA) is 302 Å². The first-order chi connectivity index (χ1) is 30.1. The minimum absolute atomic E-state index is 0.0110. The molecule has 1 unspecified atom stereocenters. The molecule has 12 N–H and O–H groups in total. The lowest BCUT2D eigenvalue weighted by molar-refractivity contribution is -0.140. The van der Waals surface area contributed by atoms with Gasteiger partial charge in [0, 0.05) is 45.3 Å². The van der Waals surface area contributed by atoms with Crippen molar-refractivity contribution in [3.05, 3.63) is 71.8 Å². The Kier molecular flexibility index (Phi) is 21.9. The van der Waals surface area contributed by atoms with Gasteiger partial charge in [-0.1, -0.05) is 74.5 Å². The molecule has 19 nitrogen and oxygen atoms in total. The zero-order chi connectivity index (χ0) is 46.3. The molecule has 5 atom stereocenters. The average Bonchev–Trinajstić information content (AvgIpc) is 3.24. The Balaban J connectivity index is 2.02. The monoisotopic (exact) mass is 893 g/mol. The number of thioether (sulfide) groups is 1. The zero-order valence-corrected chi connectivity index (χ0v) is 37.0. The molecule has 20 heteroatoms. The molecule has 0 radical (unpaired) electrons. The second-order valence-electron chi connectivity index (χ2n) is 15.7.